The Morgan fingerprint density at radius 3 is 2.72 bits per heavy atom. The third-order valence-corrected chi connectivity index (χ3v) is 6.06. The molecule has 0 unspecified atom stereocenters. The second kappa shape index (κ2) is 4.08. The van der Waals surface area contributed by atoms with E-state index in [4.69, 9.17) is 9.47 Å². The number of hydrogen-bond donors (Lipinski definition) is 0. The topological polar surface area (TPSA) is 18.5 Å². The average Bonchev–Trinajstić information content (AvgIpc) is 2.89. The van der Waals surface area contributed by atoms with Crippen molar-refractivity contribution in [1.29, 1.82) is 0 Å². The molecule has 3 fully saturated rings. The zero-order chi connectivity index (χ0) is 13.0. The summed E-state index contributed by atoms with van der Waals surface area (Å²) < 4.78 is 11.9. The van der Waals surface area contributed by atoms with Gasteiger partial charge in [-0.2, -0.15) is 0 Å². The van der Waals surface area contributed by atoms with Gasteiger partial charge in [0.1, 0.15) is 0 Å². The van der Waals surface area contributed by atoms with Crippen LogP contribution in [-0.2, 0) is 9.47 Å². The molecule has 2 aliphatic carbocycles. The summed E-state index contributed by atoms with van der Waals surface area (Å²) >= 11 is 0. The number of fused-ring (bicyclic) bond motifs is 3. The molecule has 0 spiro atoms. The van der Waals surface area contributed by atoms with Gasteiger partial charge >= 0.3 is 0 Å². The van der Waals surface area contributed by atoms with E-state index in [-0.39, 0.29) is 5.79 Å². The summed E-state index contributed by atoms with van der Waals surface area (Å²) in [5.41, 5.74) is 1.85. The van der Waals surface area contributed by atoms with E-state index in [0.29, 0.717) is 23.2 Å². The SMILES string of the molecule is C=C(C)[C@@H]1CC[C@]2(C)CC[C@]3(OC)OCC[C@@H]3[C@@H]12. The molecule has 2 nitrogen and oxygen atoms in total. The van der Waals surface area contributed by atoms with Crippen molar-refractivity contribution in [3.63, 3.8) is 0 Å². The van der Waals surface area contributed by atoms with Crippen molar-refractivity contribution in [2.24, 2.45) is 23.2 Å². The summed E-state index contributed by atoms with van der Waals surface area (Å²) in [5, 5.41) is 0. The molecule has 0 aromatic heterocycles. The third kappa shape index (κ3) is 1.55. The van der Waals surface area contributed by atoms with Crippen LogP contribution in [0.2, 0.25) is 0 Å². The van der Waals surface area contributed by atoms with Crippen molar-refractivity contribution in [3.05, 3.63) is 12.2 Å². The van der Waals surface area contributed by atoms with E-state index in [2.05, 4.69) is 20.4 Å². The molecule has 0 bridgehead atoms. The summed E-state index contributed by atoms with van der Waals surface area (Å²) in [5.74, 6) is 1.69. The highest BCUT2D eigenvalue weighted by atomic mass is 16.7. The molecule has 1 heterocycles. The van der Waals surface area contributed by atoms with Gasteiger partial charge in [0.2, 0.25) is 0 Å². The number of hydrogen-bond acceptors (Lipinski definition) is 2. The molecule has 3 aliphatic rings. The monoisotopic (exact) mass is 250 g/mol. The van der Waals surface area contributed by atoms with E-state index in [1.54, 1.807) is 0 Å². The Kier molecular flexibility index (Phi) is 2.87. The average molecular weight is 250 g/mol. The van der Waals surface area contributed by atoms with Crippen molar-refractivity contribution < 1.29 is 9.47 Å². The van der Waals surface area contributed by atoms with E-state index in [1.807, 2.05) is 7.11 Å². The summed E-state index contributed by atoms with van der Waals surface area (Å²) in [7, 11) is 1.83. The molecular formula is C16H26O2. The first-order chi connectivity index (χ1) is 8.52. The van der Waals surface area contributed by atoms with Gasteiger partial charge in [0.15, 0.2) is 5.79 Å². The molecule has 5 atom stereocenters. The van der Waals surface area contributed by atoms with Crippen molar-refractivity contribution in [2.45, 2.75) is 51.7 Å². The zero-order valence-corrected chi connectivity index (χ0v) is 12.0. The van der Waals surface area contributed by atoms with Crippen LogP contribution in [0.4, 0.5) is 0 Å². The lowest BCUT2D eigenvalue weighted by Gasteiger charge is -2.50. The second-order valence-corrected chi connectivity index (χ2v) is 6.93. The molecule has 0 amide bonds. The predicted molar refractivity (Wildman–Crippen MR) is 72.2 cm³/mol. The molecule has 0 radical (unpaired) electrons. The molecule has 1 aliphatic heterocycles. The van der Waals surface area contributed by atoms with Gasteiger partial charge in [0, 0.05) is 19.4 Å². The lowest BCUT2D eigenvalue weighted by Crippen LogP contribution is -2.51. The minimum atomic E-state index is -0.276. The molecule has 18 heavy (non-hydrogen) atoms. The first-order valence-electron chi connectivity index (χ1n) is 7.37. The second-order valence-electron chi connectivity index (χ2n) is 6.93. The molecule has 2 heteroatoms. The third-order valence-electron chi connectivity index (χ3n) is 6.06. The van der Waals surface area contributed by atoms with Gasteiger partial charge in [-0.1, -0.05) is 19.1 Å². The number of methoxy groups -OCH3 is 1. The number of rotatable bonds is 2. The minimum absolute atomic E-state index is 0.276. The van der Waals surface area contributed by atoms with E-state index < -0.39 is 0 Å². The van der Waals surface area contributed by atoms with Crippen molar-refractivity contribution >= 4 is 0 Å². The van der Waals surface area contributed by atoms with Gasteiger partial charge in [-0.25, -0.2) is 0 Å². The zero-order valence-electron chi connectivity index (χ0n) is 12.0. The molecule has 0 aromatic carbocycles. The molecular weight excluding hydrogens is 224 g/mol. The maximum atomic E-state index is 6.02. The normalized spacial score (nSPS) is 50.9. The molecule has 2 saturated carbocycles. The maximum absolute atomic E-state index is 6.02. The van der Waals surface area contributed by atoms with Gasteiger partial charge in [0.25, 0.3) is 0 Å². The van der Waals surface area contributed by atoms with Crippen molar-refractivity contribution in [1.82, 2.24) is 0 Å². The standard InChI is InChI=1S/C16H26O2/c1-11(2)12-5-7-15(3)8-9-16(17-4)13(14(12)15)6-10-18-16/h12-14H,1,5-10H2,2-4H3/t12-,13+,14+,15+,16-/m0/s1. The summed E-state index contributed by atoms with van der Waals surface area (Å²) in [6, 6.07) is 0. The number of ether oxygens (including phenoxy) is 2. The highest BCUT2D eigenvalue weighted by Crippen LogP contribution is 2.63. The lowest BCUT2D eigenvalue weighted by atomic mass is 9.59. The number of allylic oxidation sites excluding steroid dienone is 1. The fourth-order valence-corrected chi connectivity index (χ4v) is 5.10. The Hall–Kier alpha value is -0.340. The minimum Gasteiger partial charge on any atom is -0.353 e. The van der Waals surface area contributed by atoms with Crippen LogP contribution < -0.4 is 0 Å². The Bertz CT molecular complexity index is 364. The van der Waals surface area contributed by atoms with E-state index in [1.165, 1.54) is 24.8 Å². The highest BCUT2D eigenvalue weighted by Gasteiger charge is 2.61. The first kappa shape index (κ1) is 12.7. The van der Waals surface area contributed by atoms with E-state index >= 15 is 0 Å². The van der Waals surface area contributed by atoms with Crippen LogP contribution in [0, 0.1) is 23.2 Å². The van der Waals surface area contributed by atoms with Crippen molar-refractivity contribution in [3.8, 4) is 0 Å². The largest absolute Gasteiger partial charge is 0.353 e. The van der Waals surface area contributed by atoms with Gasteiger partial charge in [0.05, 0.1) is 6.61 Å². The predicted octanol–water partition coefficient (Wildman–Crippen LogP) is 3.77. The lowest BCUT2D eigenvalue weighted by molar-refractivity contribution is -0.253. The van der Waals surface area contributed by atoms with Gasteiger partial charge in [-0.3, -0.25) is 0 Å². The summed E-state index contributed by atoms with van der Waals surface area (Å²) in [6.45, 7) is 9.80. The van der Waals surface area contributed by atoms with Crippen LogP contribution in [0.5, 0.6) is 0 Å². The molecule has 0 aromatic rings. The fraction of sp³-hybridized carbons (Fsp3) is 0.875. The Morgan fingerprint density at radius 2 is 2.06 bits per heavy atom. The van der Waals surface area contributed by atoms with E-state index in [0.717, 1.165) is 19.4 Å². The van der Waals surface area contributed by atoms with E-state index in [9.17, 15) is 0 Å². The summed E-state index contributed by atoms with van der Waals surface area (Å²) in [4.78, 5) is 0. The highest BCUT2D eigenvalue weighted by molar-refractivity contribution is 5.14. The van der Waals surface area contributed by atoms with Crippen LogP contribution >= 0.6 is 0 Å². The van der Waals surface area contributed by atoms with Gasteiger partial charge in [-0.15, -0.1) is 0 Å². The smallest absolute Gasteiger partial charge is 0.171 e. The van der Waals surface area contributed by atoms with Crippen LogP contribution in [0.1, 0.15) is 46.0 Å². The van der Waals surface area contributed by atoms with Gasteiger partial charge < -0.3 is 9.47 Å². The molecule has 102 valence electrons. The fourth-order valence-electron chi connectivity index (χ4n) is 5.10. The Balaban J connectivity index is 1.97. The van der Waals surface area contributed by atoms with Gasteiger partial charge in [-0.05, 0) is 49.9 Å². The van der Waals surface area contributed by atoms with Crippen LogP contribution in [-0.4, -0.2) is 19.5 Å². The Morgan fingerprint density at radius 1 is 1.28 bits per heavy atom. The van der Waals surface area contributed by atoms with Crippen LogP contribution in [0.25, 0.3) is 0 Å². The molecule has 1 saturated heterocycles. The molecule has 3 rings (SSSR count). The quantitative estimate of drug-likeness (QED) is 0.695. The summed E-state index contributed by atoms with van der Waals surface area (Å²) in [6.07, 6.45) is 6.14. The van der Waals surface area contributed by atoms with Crippen LogP contribution in [0.15, 0.2) is 12.2 Å². The Labute approximate surface area is 111 Å². The van der Waals surface area contributed by atoms with Crippen molar-refractivity contribution in [2.75, 3.05) is 13.7 Å². The van der Waals surface area contributed by atoms with Crippen LogP contribution in [0.3, 0.4) is 0 Å². The molecule has 0 N–H and O–H groups in total. The maximum Gasteiger partial charge on any atom is 0.171 e. The first-order valence-corrected chi connectivity index (χ1v) is 7.37.